The van der Waals surface area contributed by atoms with Gasteiger partial charge in [-0.1, -0.05) is 11.6 Å². The number of rotatable bonds is 4. The first-order chi connectivity index (χ1) is 9.67. The number of thiophene rings is 1. The quantitative estimate of drug-likeness (QED) is 0.666. The van der Waals surface area contributed by atoms with Gasteiger partial charge < -0.3 is 0 Å². The van der Waals surface area contributed by atoms with Crippen LogP contribution in [0.25, 0.3) is 0 Å². The summed E-state index contributed by atoms with van der Waals surface area (Å²) < 4.78 is 13.3. The average Bonchev–Trinajstić information content (AvgIpc) is 3.00. The largest absolute Gasteiger partial charge is 0.271 e. The van der Waals surface area contributed by atoms with Crippen molar-refractivity contribution < 1.29 is 4.39 Å². The van der Waals surface area contributed by atoms with Crippen LogP contribution in [0.5, 0.6) is 0 Å². The molecular formula is C15H16ClFN2S. The maximum absolute atomic E-state index is 13.3. The van der Waals surface area contributed by atoms with Crippen molar-refractivity contribution in [1.29, 1.82) is 0 Å². The Labute approximate surface area is 126 Å². The van der Waals surface area contributed by atoms with Crippen molar-refractivity contribution in [3.63, 3.8) is 0 Å². The molecule has 0 fully saturated rings. The molecule has 0 bridgehead atoms. The number of halogens is 2. The van der Waals surface area contributed by atoms with E-state index in [1.165, 1.54) is 33.9 Å². The first-order valence-corrected chi connectivity index (χ1v) is 7.88. The summed E-state index contributed by atoms with van der Waals surface area (Å²) in [4.78, 5) is 2.67. The monoisotopic (exact) mass is 310 g/mol. The van der Waals surface area contributed by atoms with Gasteiger partial charge in [-0.05, 0) is 61.1 Å². The molecule has 1 aromatic carbocycles. The van der Waals surface area contributed by atoms with Gasteiger partial charge in [0.25, 0.3) is 0 Å². The highest BCUT2D eigenvalue weighted by Crippen LogP contribution is 2.35. The van der Waals surface area contributed by atoms with Crippen molar-refractivity contribution in [2.45, 2.75) is 31.7 Å². The number of aryl methyl sites for hydroxylation is 2. The summed E-state index contributed by atoms with van der Waals surface area (Å²) in [6.07, 6.45) is 4.16. The molecule has 0 saturated heterocycles. The van der Waals surface area contributed by atoms with E-state index in [2.05, 4.69) is 11.5 Å². The normalized spacial score (nSPS) is 15.3. The minimum Gasteiger partial charge on any atom is -0.271 e. The fourth-order valence-corrected chi connectivity index (χ4v) is 4.20. The number of hydrogen-bond acceptors (Lipinski definition) is 3. The van der Waals surface area contributed by atoms with Crippen molar-refractivity contribution in [3.05, 3.63) is 56.0 Å². The Morgan fingerprint density at radius 2 is 2.20 bits per heavy atom. The number of fused-ring (bicyclic) bond motifs is 1. The van der Waals surface area contributed by atoms with E-state index >= 15 is 0 Å². The van der Waals surface area contributed by atoms with Crippen LogP contribution >= 0.6 is 22.9 Å². The highest BCUT2D eigenvalue weighted by atomic mass is 35.5. The lowest BCUT2D eigenvalue weighted by atomic mass is 10.0. The van der Waals surface area contributed by atoms with E-state index < -0.39 is 0 Å². The highest BCUT2D eigenvalue weighted by molar-refractivity contribution is 7.12. The van der Waals surface area contributed by atoms with Gasteiger partial charge in [-0.15, -0.1) is 11.3 Å². The van der Waals surface area contributed by atoms with Gasteiger partial charge in [0.1, 0.15) is 5.82 Å². The lowest BCUT2D eigenvalue weighted by Gasteiger charge is -2.15. The first kappa shape index (κ1) is 14.0. The van der Waals surface area contributed by atoms with Crippen LogP contribution in [0.1, 0.15) is 33.3 Å². The number of hydrogen-bond donors (Lipinski definition) is 2. The molecule has 0 spiro atoms. The lowest BCUT2D eigenvalue weighted by Crippen LogP contribution is -2.29. The maximum atomic E-state index is 13.3. The lowest BCUT2D eigenvalue weighted by molar-refractivity contribution is 0.556. The zero-order chi connectivity index (χ0) is 14.1. The van der Waals surface area contributed by atoms with Gasteiger partial charge in [-0.2, -0.15) is 0 Å². The van der Waals surface area contributed by atoms with Crippen molar-refractivity contribution in [2.75, 3.05) is 0 Å². The topological polar surface area (TPSA) is 38.0 Å². The number of benzene rings is 1. The van der Waals surface area contributed by atoms with Gasteiger partial charge in [-0.25, -0.2) is 4.39 Å². The Kier molecular flexibility index (Phi) is 4.08. The second kappa shape index (κ2) is 5.82. The van der Waals surface area contributed by atoms with E-state index in [4.69, 9.17) is 17.4 Å². The molecule has 1 heterocycles. The summed E-state index contributed by atoms with van der Waals surface area (Å²) in [5.41, 5.74) is 5.05. The van der Waals surface area contributed by atoms with Crippen LogP contribution in [0.2, 0.25) is 5.02 Å². The van der Waals surface area contributed by atoms with Crippen molar-refractivity contribution in [1.82, 2.24) is 5.43 Å². The van der Waals surface area contributed by atoms with Gasteiger partial charge in [0.15, 0.2) is 0 Å². The molecule has 1 aliphatic rings. The smallest absolute Gasteiger partial charge is 0.123 e. The molecular weight excluding hydrogens is 295 g/mol. The van der Waals surface area contributed by atoms with Gasteiger partial charge in [-0.3, -0.25) is 11.3 Å². The second-order valence-electron chi connectivity index (χ2n) is 5.11. The average molecular weight is 311 g/mol. The molecule has 0 amide bonds. The molecule has 2 aromatic rings. The van der Waals surface area contributed by atoms with Crippen LogP contribution in [0.3, 0.4) is 0 Å². The van der Waals surface area contributed by atoms with Crippen molar-refractivity contribution in [2.24, 2.45) is 5.84 Å². The van der Waals surface area contributed by atoms with E-state index in [9.17, 15) is 4.39 Å². The SMILES string of the molecule is NNC(Cc1cc(F)ccc1Cl)c1cc2c(s1)CCC2. The van der Waals surface area contributed by atoms with E-state index in [-0.39, 0.29) is 11.9 Å². The van der Waals surface area contributed by atoms with Crippen molar-refractivity contribution in [3.8, 4) is 0 Å². The predicted molar refractivity (Wildman–Crippen MR) is 81.5 cm³/mol. The Hall–Kier alpha value is -0.940. The minimum absolute atomic E-state index is 0.0232. The zero-order valence-corrected chi connectivity index (χ0v) is 12.5. The second-order valence-corrected chi connectivity index (χ2v) is 6.69. The maximum Gasteiger partial charge on any atom is 0.123 e. The molecule has 1 unspecified atom stereocenters. The van der Waals surface area contributed by atoms with E-state index in [1.807, 2.05) is 0 Å². The van der Waals surface area contributed by atoms with Crippen LogP contribution < -0.4 is 11.3 Å². The summed E-state index contributed by atoms with van der Waals surface area (Å²) in [7, 11) is 0. The molecule has 0 saturated carbocycles. The standard InChI is InChI=1S/C15H16ClFN2S/c16-12-5-4-11(17)6-10(12)7-13(19-18)15-8-9-2-1-3-14(9)20-15/h4-6,8,13,19H,1-3,7,18H2. The zero-order valence-electron chi connectivity index (χ0n) is 11.0. The third-order valence-electron chi connectivity index (χ3n) is 3.74. The summed E-state index contributed by atoms with van der Waals surface area (Å²) in [6, 6.07) is 6.65. The van der Waals surface area contributed by atoms with Crippen LogP contribution in [-0.4, -0.2) is 0 Å². The minimum atomic E-state index is -0.270. The molecule has 0 aliphatic heterocycles. The molecule has 106 valence electrons. The number of nitrogens with one attached hydrogen (secondary N) is 1. The van der Waals surface area contributed by atoms with Gasteiger partial charge in [0.05, 0.1) is 6.04 Å². The fraction of sp³-hybridized carbons (Fsp3) is 0.333. The molecule has 3 rings (SSSR count). The van der Waals surface area contributed by atoms with E-state index in [1.54, 1.807) is 17.4 Å². The van der Waals surface area contributed by atoms with Gasteiger partial charge in [0, 0.05) is 14.8 Å². The van der Waals surface area contributed by atoms with Crippen LogP contribution in [0, 0.1) is 5.82 Å². The Bertz CT molecular complexity index is 605. The Morgan fingerprint density at radius 3 is 2.95 bits per heavy atom. The molecule has 3 N–H and O–H groups in total. The molecule has 0 radical (unpaired) electrons. The third kappa shape index (κ3) is 2.74. The van der Waals surface area contributed by atoms with Crippen LogP contribution in [0.15, 0.2) is 24.3 Å². The molecule has 1 aromatic heterocycles. The van der Waals surface area contributed by atoms with E-state index in [0.29, 0.717) is 11.4 Å². The molecule has 1 atom stereocenters. The first-order valence-electron chi connectivity index (χ1n) is 6.69. The number of hydrazine groups is 1. The third-order valence-corrected chi connectivity index (χ3v) is 5.46. The predicted octanol–water partition coefficient (Wildman–Crippen LogP) is 3.78. The van der Waals surface area contributed by atoms with E-state index in [0.717, 1.165) is 18.4 Å². The van der Waals surface area contributed by atoms with Crippen LogP contribution in [-0.2, 0) is 19.3 Å². The number of nitrogens with two attached hydrogens (primary N) is 1. The molecule has 1 aliphatic carbocycles. The highest BCUT2D eigenvalue weighted by Gasteiger charge is 2.20. The summed E-state index contributed by atoms with van der Waals surface area (Å²) >= 11 is 7.93. The van der Waals surface area contributed by atoms with Gasteiger partial charge in [0.2, 0.25) is 0 Å². The van der Waals surface area contributed by atoms with Gasteiger partial charge >= 0.3 is 0 Å². The molecule has 2 nitrogen and oxygen atoms in total. The van der Waals surface area contributed by atoms with Crippen LogP contribution in [0.4, 0.5) is 4.39 Å². The summed E-state index contributed by atoms with van der Waals surface area (Å²) in [5, 5.41) is 0.579. The van der Waals surface area contributed by atoms with Crippen molar-refractivity contribution >= 4 is 22.9 Å². The molecule has 20 heavy (non-hydrogen) atoms. The summed E-state index contributed by atoms with van der Waals surface area (Å²) in [6.45, 7) is 0. The Morgan fingerprint density at radius 1 is 1.35 bits per heavy atom. The molecule has 5 heteroatoms. The Balaban J connectivity index is 1.84. The fourth-order valence-electron chi connectivity index (χ4n) is 2.69. The summed E-state index contributed by atoms with van der Waals surface area (Å²) in [5.74, 6) is 5.41.